The first-order valence-corrected chi connectivity index (χ1v) is 7.29. The van der Waals surface area contributed by atoms with Gasteiger partial charge in [-0.25, -0.2) is 0 Å². The Labute approximate surface area is 134 Å². The summed E-state index contributed by atoms with van der Waals surface area (Å²) in [6.07, 6.45) is 0.173. The number of carboxylic acids is 1. The van der Waals surface area contributed by atoms with E-state index in [4.69, 9.17) is 9.84 Å². The van der Waals surface area contributed by atoms with Crippen molar-refractivity contribution in [2.45, 2.75) is 12.8 Å². The van der Waals surface area contributed by atoms with Gasteiger partial charge in [-0.3, -0.25) is 9.59 Å². The molecule has 120 valence electrons. The highest BCUT2D eigenvalue weighted by Gasteiger charge is 2.22. The Bertz CT molecular complexity index is 652. The van der Waals surface area contributed by atoms with Crippen molar-refractivity contribution >= 4 is 17.6 Å². The second kappa shape index (κ2) is 7.98. The molecular weight excluding hydrogens is 294 g/mol. The molecular formula is C18H19NO4. The summed E-state index contributed by atoms with van der Waals surface area (Å²) in [5, 5.41) is 11.8. The number of amides is 1. The van der Waals surface area contributed by atoms with Crippen LogP contribution in [0, 0.1) is 5.92 Å². The average molecular weight is 313 g/mol. The average Bonchev–Trinajstić information content (AvgIpc) is 2.55. The topological polar surface area (TPSA) is 75.6 Å². The number of hydrogen-bond acceptors (Lipinski definition) is 3. The van der Waals surface area contributed by atoms with Crippen LogP contribution in [0.3, 0.4) is 0 Å². The largest absolute Gasteiger partial charge is 0.497 e. The van der Waals surface area contributed by atoms with E-state index in [0.29, 0.717) is 17.9 Å². The van der Waals surface area contributed by atoms with Gasteiger partial charge in [0, 0.05) is 5.69 Å². The molecule has 1 atom stereocenters. The van der Waals surface area contributed by atoms with Gasteiger partial charge in [0.15, 0.2) is 0 Å². The van der Waals surface area contributed by atoms with Crippen LogP contribution in [0.15, 0.2) is 54.6 Å². The van der Waals surface area contributed by atoms with Gasteiger partial charge in [0.1, 0.15) is 5.75 Å². The summed E-state index contributed by atoms with van der Waals surface area (Å²) >= 11 is 0. The molecule has 2 aromatic carbocycles. The Morgan fingerprint density at radius 2 is 1.74 bits per heavy atom. The predicted octanol–water partition coefficient (Wildman–Crippen LogP) is 2.97. The van der Waals surface area contributed by atoms with Crippen molar-refractivity contribution in [1.82, 2.24) is 0 Å². The maximum atomic E-state index is 12.4. The number of hydrogen-bond donors (Lipinski definition) is 2. The van der Waals surface area contributed by atoms with E-state index >= 15 is 0 Å². The van der Waals surface area contributed by atoms with Crippen molar-refractivity contribution in [3.63, 3.8) is 0 Å². The van der Waals surface area contributed by atoms with Crippen LogP contribution < -0.4 is 10.1 Å². The minimum absolute atomic E-state index is 0.211. The van der Waals surface area contributed by atoms with E-state index in [0.717, 1.165) is 5.56 Å². The molecule has 0 radical (unpaired) electrons. The monoisotopic (exact) mass is 313 g/mol. The summed E-state index contributed by atoms with van der Waals surface area (Å²) in [4.78, 5) is 23.4. The number of aliphatic carboxylic acids is 1. The molecule has 2 N–H and O–H groups in total. The third-order valence-electron chi connectivity index (χ3n) is 3.47. The normalized spacial score (nSPS) is 11.5. The Balaban J connectivity index is 2.07. The number of carboxylic acid groups (broad SMARTS) is 1. The van der Waals surface area contributed by atoms with Crippen molar-refractivity contribution in [3.8, 4) is 5.75 Å². The number of nitrogens with one attached hydrogen (secondary N) is 1. The van der Waals surface area contributed by atoms with Gasteiger partial charge in [0.05, 0.1) is 19.4 Å². The minimum Gasteiger partial charge on any atom is -0.497 e. The highest BCUT2D eigenvalue weighted by atomic mass is 16.5. The molecule has 5 nitrogen and oxygen atoms in total. The first-order valence-electron chi connectivity index (χ1n) is 7.29. The summed E-state index contributed by atoms with van der Waals surface area (Å²) in [6, 6.07) is 16.3. The molecule has 2 rings (SSSR count). The molecule has 5 heteroatoms. The molecule has 0 fully saturated rings. The highest BCUT2D eigenvalue weighted by molar-refractivity contribution is 5.94. The standard InChI is InChI=1S/C18H19NO4/c1-23-16-9-7-15(8-10-16)19-18(22)14(12-17(20)21)11-13-5-3-2-4-6-13/h2-10,14H,11-12H2,1H3,(H,19,22)(H,20,21)/t14-/m0/s1. The zero-order valence-corrected chi connectivity index (χ0v) is 12.9. The lowest BCUT2D eigenvalue weighted by Gasteiger charge is -2.15. The van der Waals surface area contributed by atoms with Crippen LogP contribution in [0.1, 0.15) is 12.0 Å². The lowest BCUT2D eigenvalue weighted by Crippen LogP contribution is -2.27. The molecule has 0 aromatic heterocycles. The van der Waals surface area contributed by atoms with Gasteiger partial charge in [0.25, 0.3) is 0 Å². The SMILES string of the molecule is COc1ccc(NC(=O)[C@H](CC(=O)O)Cc2ccccc2)cc1. The van der Waals surface area contributed by atoms with E-state index < -0.39 is 11.9 Å². The second-order valence-corrected chi connectivity index (χ2v) is 5.20. The van der Waals surface area contributed by atoms with Crippen LogP contribution in [-0.2, 0) is 16.0 Å². The number of methoxy groups -OCH3 is 1. The third-order valence-corrected chi connectivity index (χ3v) is 3.47. The number of benzene rings is 2. The van der Waals surface area contributed by atoms with E-state index in [1.54, 1.807) is 31.4 Å². The summed E-state index contributed by atoms with van der Waals surface area (Å²) < 4.78 is 5.06. The van der Waals surface area contributed by atoms with Crippen LogP contribution in [0.5, 0.6) is 5.75 Å². The molecule has 0 heterocycles. The summed E-state index contributed by atoms with van der Waals surface area (Å²) in [6.45, 7) is 0. The predicted molar refractivity (Wildman–Crippen MR) is 87.5 cm³/mol. The van der Waals surface area contributed by atoms with Crippen LogP contribution >= 0.6 is 0 Å². The van der Waals surface area contributed by atoms with Crippen LogP contribution in [0.25, 0.3) is 0 Å². The van der Waals surface area contributed by atoms with Gasteiger partial charge >= 0.3 is 5.97 Å². The fourth-order valence-electron chi connectivity index (χ4n) is 2.29. The Morgan fingerprint density at radius 1 is 1.09 bits per heavy atom. The van der Waals surface area contributed by atoms with Gasteiger partial charge in [-0.2, -0.15) is 0 Å². The van der Waals surface area contributed by atoms with Gasteiger partial charge in [-0.15, -0.1) is 0 Å². The molecule has 0 aliphatic heterocycles. The Kier molecular flexibility index (Phi) is 5.74. The first kappa shape index (κ1) is 16.5. The lowest BCUT2D eigenvalue weighted by molar-refractivity contribution is -0.140. The molecule has 0 saturated carbocycles. The van der Waals surface area contributed by atoms with Gasteiger partial charge < -0.3 is 15.2 Å². The second-order valence-electron chi connectivity index (χ2n) is 5.20. The lowest BCUT2D eigenvalue weighted by atomic mass is 9.95. The smallest absolute Gasteiger partial charge is 0.304 e. The van der Waals surface area contributed by atoms with Crippen LogP contribution in [0.2, 0.25) is 0 Å². The van der Waals surface area contributed by atoms with E-state index in [9.17, 15) is 9.59 Å². The van der Waals surface area contributed by atoms with E-state index in [2.05, 4.69) is 5.32 Å². The molecule has 0 saturated heterocycles. The van der Waals surface area contributed by atoms with Crippen molar-refractivity contribution in [1.29, 1.82) is 0 Å². The Morgan fingerprint density at radius 3 is 2.30 bits per heavy atom. The summed E-state index contributed by atoms with van der Waals surface area (Å²) in [5.41, 5.74) is 1.54. The molecule has 0 aliphatic carbocycles. The quantitative estimate of drug-likeness (QED) is 0.824. The molecule has 1 amide bonds. The highest BCUT2D eigenvalue weighted by Crippen LogP contribution is 2.18. The van der Waals surface area contributed by atoms with E-state index in [1.165, 1.54) is 0 Å². The number of carbonyl (C=O) groups is 2. The van der Waals surface area contributed by atoms with E-state index in [-0.39, 0.29) is 12.3 Å². The van der Waals surface area contributed by atoms with Crippen molar-refractivity contribution in [2.75, 3.05) is 12.4 Å². The number of ether oxygens (including phenoxy) is 1. The molecule has 0 spiro atoms. The number of anilines is 1. The maximum Gasteiger partial charge on any atom is 0.304 e. The fourth-order valence-corrected chi connectivity index (χ4v) is 2.29. The van der Waals surface area contributed by atoms with Crippen molar-refractivity contribution < 1.29 is 19.4 Å². The van der Waals surface area contributed by atoms with Gasteiger partial charge in [0.2, 0.25) is 5.91 Å². The molecule has 0 aliphatic rings. The Hall–Kier alpha value is -2.82. The molecule has 2 aromatic rings. The molecule has 23 heavy (non-hydrogen) atoms. The molecule has 0 bridgehead atoms. The minimum atomic E-state index is -0.990. The van der Waals surface area contributed by atoms with Crippen molar-refractivity contribution in [2.24, 2.45) is 5.92 Å². The van der Waals surface area contributed by atoms with Gasteiger partial charge in [-0.1, -0.05) is 30.3 Å². The number of rotatable bonds is 7. The summed E-state index contributed by atoms with van der Waals surface area (Å²) in [5.74, 6) is -1.23. The zero-order valence-electron chi connectivity index (χ0n) is 12.9. The first-order chi connectivity index (χ1) is 11.1. The summed E-state index contributed by atoms with van der Waals surface area (Å²) in [7, 11) is 1.57. The fraction of sp³-hybridized carbons (Fsp3) is 0.222. The van der Waals surface area contributed by atoms with E-state index in [1.807, 2.05) is 30.3 Å². The number of carbonyl (C=O) groups excluding carboxylic acids is 1. The third kappa shape index (κ3) is 5.14. The van der Waals surface area contributed by atoms with Crippen LogP contribution in [-0.4, -0.2) is 24.1 Å². The van der Waals surface area contributed by atoms with Gasteiger partial charge in [-0.05, 0) is 36.2 Å². The maximum absolute atomic E-state index is 12.4. The zero-order chi connectivity index (χ0) is 16.7. The molecule has 0 unspecified atom stereocenters. The van der Waals surface area contributed by atoms with Crippen LogP contribution in [0.4, 0.5) is 5.69 Å². The van der Waals surface area contributed by atoms with Crippen molar-refractivity contribution in [3.05, 3.63) is 60.2 Å².